The van der Waals surface area contributed by atoms with Crippen LogP contribution in [0.4, 0.5) is 0 Å². The molecule has 1 unspecified atom stereocenters. The van der Waals surface area contributed by atoms with E-state index in [0.29, 0.717) is 12.0 Å². The highest BCUT2D eigenvalue weighted by molar-refractivity contribution is 6.43. The summed E-state index contributed by atoms with van der Waals surface area (Å²) in [6.45, 7) is 3.58. The van der Waals surface area contributed by atoms with E-state index in [0.717, 1.165) is 48.4 Å². The first-order chi connectivity index (χ1) is 23.1. The van der Waals surface area contributed by atoms with Crippen molar-refractivity contribution in [1.29, 1.82) is 0 Å². The molecule has 2 aliphatic rings. The van der Waals surface area contributed by atoms with Gasteiger partial charge in [0.25, 0.3) is 5.91 Å². The van der Waals surface area contributed by atoms with Gasteiger partial charge in [0.15, 0.2) is 0 Å². The van der Waals surface area contributed by atoms with E-state index >= 15 is 0 Å². The summed E-state index contributed by atoms with van der Waals surface area (Å²) in [6.07, 6.45) is 9.08. The minimum atomic E-state index is -1.80. The van der Waals surface area contributed by atoms with Crippen LogP contribution in [0.25, 0.3) is 10.8 Å². The summed E-state index contributed by atoms with van der Waals surface area (Å²) in [4.78, 5) is 60.4. The quantitative estimate of drug-likeness (QED) is 0.188. The molecule has 4 amide bonds. The molecule has 0 spiro atoms. The van der Waals surface area contributed by atoms with Crippen LogP contribution in [0.1, 0.15) is 74.7 Å². The summed E-state index contributed by atoms with van der Waals surface area (Å²) < 4.78 is 0. The third-order valence-corrected chi connectivity index (χ3v) is 9.62. The van der Waals surface area contributed by atoms with Crippen molar-refractivity contribution in [2.45, 2.75) is 89.3 Å². The van der Waals surface area contributed by atoms with Gasteiger partial charge >= 0.3 is 7.12 Å². The van der Waals surface area contributed by atoms with Crippen LogP contribution in [0.2, 0.25) is 0 Å². The minimum Gasteiger partial charge on any atom is -0.426 e. The van der Waals surface area contributed by atoms with E-state index in [9.17, 15) is 29.2 Å². The number of rotatable bonds is 12. The number of benzene rings is 2. The number of amides is 4. The van der Waals surface area contributed by atoms with Crippen molar-refractivity contribution in [1.82, 2.24) is 25.8 Å². The second-order valence-electron chi connectivity index (χ2n) is 13.6. The number of hydrogen-bond acceptors (Lipinski definition) is 7. The Balaban J connectivity index is 1.39. The Labute approximate surface area is 282 Å². The summed E-state index contributed by atoms with van der Waals surface area (Å²) in [5.41, 5.74) is 1.21. The maximum Gasteiger partial charge on any atom is 0.475 e. The standard InChI is InChI=1S/C36H46BN5O6/c1-23(2)33(37(47)48)41-35(45)31-21-29(39-32(43)19-25-14-16-38-17-15-25)22-42(31)36(46)30(18-24-8-4-3-5-9-24)40-34(44)28-13-12-26-10-6-7-11-27(26)20-28/h6-7,10-17,20,23-24,29-31,33,47-48H,3-5,8-9,18-19,21-22H2,1-2H3,(H,39,43)(H,40,44)(H,41,45)/t29?,30-,31+,33+/m1/s1. The van der Waals surface area contributed by atoms with Gasteiger partial charge in [0.1, 0.15) is 12.1 Å². The lowest BCUT2D eigenvalue weighted by atomic mass is 9.73. The number of carbonyl (C=O) groups excluding carboxylic acids is 4. The summed E-state index contributed by atoms with van der Waals surface area (Å²) >= 11 is 0. The van der Waals surface area contributed by atoms with E-state index in [1.165, 1.54) is 4.90 Å². The van der Waals surface area contributed by atoms with Gasteiger partial charge < -0.3 is 30.9 Å². The van der Waals surface area contributed by atoms with Gasteiger partial charge in [0.2, 0.25) is 17.7 Å². The molecule has 11 nitrogen and oxygen atoms in total. The molecule has 2 fully saturated rings. The van der Waals surface area contributed by atoms with Crippen LogP contribution in [0, 0.1) is 11.8 Å². The molecule has 12 heteroatoms. The van der Waals surface area contributed by atoms with Crippen LogP contribution in [-0.2, 0) is 20.8 Å². The van der Waals surface area contributed by atoms with E-state index in [1.807, 2.05) is 30.3 Å². The third-order valence-electron chi connectivity index (χ3n) is 9.62. The Bertz CT molecular complexity index is 1570. The van der Waals surface area contributed by atoms with Gasteiger partial charge in [0, 0.05) is 30.5 Å². The van der Waals surface area contributed by atoms with E-state index in [4.69, 9.17) is 0 Å². The Morgan fingerprint density at radius 3 is 2.33 bits per heavy atom. The molecular formula is C36H46BN5O6. The first-order valence-electron chi connectivity index (χ1n) is 17.0. The highest BCUT2D eigenvalue weighted by Crippen LogP contribution is 2.29. The maximum atomic E-state index is 14.5. The van der Waals surface area contributed by atoms with Crippen molar-refractivity contribution in [2.75, 3.05) is 6.54 Å². The topological polar surface area (TPSA) is 161 Å². The number of fused-ring (bicyclic) bond motifs is 1. The molecule has 3 aromatic rings. The number of hydrogen-bond donors (Lipinski definition) is 5. The van der Waals surface area contributed by atoms with Crippen LogP contribution >= 0.6 is 0 Å². The van der Waals surface area contributed by atoms with Crippen LogP contribution in [-0.4, -0.2) is 81.3 Å². The van der Waals surface area contributed by atoms with Gasteiger partial charge in [-0.25, -0.2) is 0 Å². The van der Waals surface area contributed by atoms with Gasteiger partial charge in [-0.3, -0.25) is 24.2 Å². The molecule has 5 rings (SSSR count). The molecule has 4 atom stereocenters. The lowest BCUT2D eigenvalue weighted by Crippen LogP contribution is -2.57. The molecule has 1 aliphatic carbocycles. The van der Waals surface area contributed by atoms with Crippen LogP contribution < -0.4 is 16.0 Å². The molecule has 2 aromatic carbocycles. The lowest BCUT2D eigenvalue weighted by Gasteiger charge is -2.32. The molecule has 5 N–H and O–H groups in total. The van der Waals surface area contributed by atoms with E-state index in [1.54, 1.807) is 50.5 Å². The predicted molar refractivity (Wildman–Crippen MR) is 183 cm³/mol. The van der Waals surface area contributed by atoms with Gasteiger partial charge in [-0.15, -0.1) is 0 Å². The molecular weight excluding hydrogens is 609 g/mol. The summed E-state index contributed by atoms with van der Waals surface area (Å²) in [7, 11) is -1.80. The molecule has 1 saturated carbocycles. The highest BCUT2D eigenvalue weighted by atomic mass is 16.4. The van der Waals surface area contributed by atoms with Crippen molar-refractivity contribution in [2.24, 2.45) is 11.8 Å². The van der Waals surface area contributed by atoms with Gasteiger partial charge in [-0.1, -0.05) is 76.3 Å². The zero-order chi connectivity index (χ0) is 34.2. The minimum absolute atomic E-state index is 0.0695. The maximum absolute atomic E-state index is 14.5. The predicted octanol–water partition coefficient (Wildman–Crippen LogP) is 2.78. The van der Waals surface area contributed by atoms with Gasteiger partial charge in [-0.2, -0.15) is 0 Å². The number of likely N-dealkylation sites (tertiary alicyclic amines) is 1. The fourth-order valence-electron chi connectivity index (χ4n) is 6.99. The molecule has 1 saturated heterocycles. The molecule has 48 heavy (non-hydrogen) atoms. The molecule has 0 bridgehead atoms. The largest absolute Gasteiger partial charge is 0.475 e. The molecule has 1 aromatic heterocycles. The number of aromatic nitrogens is 1. The van der Waals surface area contributed by atoms with E-state index < -0.39 is 43.0 Å². The van der Waals surface area contributed by atoms with Crippen LogP contribution in [0.5, 0.6) is 0 Å². The van der Waals surface area contributed by atoms with Gasteiger partial charge in [-0.05, 0) is 65.3 Å². The summed E-state index contributed by atoms with van der Waals surface area (Å²) in [5, 5.41) is 30.5. The average Bonchev–Trinajstić information content (AvgIpc) is 3.50. The second-order valence-corrected chi connectivity index (χ2v) is 13.6. The monoisotopic (exact) mass is 655 g/mol. The van der Waals surface area contributed by atoms with Crippen molar-refractivity contribution < 1.29 is 29.2 Å². The number of pyridine rings is 1. The van der Waals surface area contributed by atoms with E-state index in [2.05, 4.69) is 20.9 Å². The second kappa shape index (κ2) is 16.2. The number of carbonyl (C=O) groups is 4. The van der Waals surface area contributed by atoms with Crippen molar-refractivity contribution in [3.8, 4) is 0 Å². The average molecular weight is 656 g/mol. The van der Waals surface area contributed by atoms with Crippen LogP contribution in [0.15, 0.2) is 67.0 Å². The lowest BCUT2D eigenvalue weighted by molar-refractivity contribution is -0.140. The van der Waals surface area contributed by atoms with Crippen LogP contribution in [0.3, 0.4) is 0 Å². The normalized spacial score (nSPS) is 19.5. The third kappa shape index (κ3) is 8.99. The fraction of sp³-hybridized carbons (Fsp3) is 0.472. The molecule has 1 aliphatic heterocycles. The zero-order valence-corrected chi connectivity index (χ0v) is 27.7. The number of nitrogens with zero attached hydrogens (tertiary/aromatic N) is 2. The van der Waals surface area contributed by atoms with Gasteiger partial charge in [0.05, 0.1) is 12.4 Å². The Kier molecular flexibility index (Phi) is 11.8. The zero-order valence-electron chi connectivity index (χ0n) is 27.7. The molecule has 0 radical (unpaired) electrons. The first-order valence-corrected chi connectivity index (χ1v) is 17.0. The molecule has 2 heterocycles. The highest BCUT2D eigenvalue weighted by Gasteiger charge is 2.44. The van der Waals surface area contributed by atoms with Crippen molar-refractivity contribution in [3.05, 3.63) is 78.1 Å². The Morgan fingerprint density at radius 2 is 1.65 bits per heavy atom. The smallest absolute Gasteiger partial charge is 0.426 e. The Hall–Kier alpha value is -4.29. The van der Waals surface area contributed by atoms with Crippen molar-refractivity contribution in [3.63, 3.8) is 0 Å². The fourth-order valence-corrected chi connectivity index (χ4v) is 6.99. The SMILES string of the molecule is CC(C)[C@H](NC(=O)[C@@H]1CC(NC(=O)Cc2ccncc2)CN1C(=O)[C@@H](CC1CCCCC1)NC(=O)c1ccc2ccccc2c1)B(O)O. The van der Waals surface area contributed by atoms with E-state index in [-0.39, 0.29) is 43.0 Å². The summed E-state index contributed by atoms with van der Waals surface area (Å²) in [6, 6.07) is 14.3. The van der Waals surface area contributed by atoms with Crippen molar-refractivity contribution >= 4 is 41.5 Å². The summed E-state index contributed by atoms with van der Waals surface area (Å²) in [5.74, 6) is -2.58. The Morgan fingerprint density at radius 1 is 0.938 bits per heavy atom. The first kappa shape index (κ1) is 35.0. The molecule has 254 valence electrons. The number of nitrogens with one attached hydrogen (secondary N) is 3.